The van der Waals surface area contributed by atoms with E-state index in [-0.39, 0.29) is 0 Å². The molecule has 0 atom stereocenters. The molecule has 3 rings (SSSR count). The first-order chi connectivity index (χ1) is 10.8. The molecule has 0 saturated carbocycles. The lowest BCUT2D eigenvalue weighted by Gasteiger charge is -2.11. The first-order valence-corrected chi connectivity index (χ1v) is 8.67. The fourth-order valence-corrected chi connectivity index (χ4v) is 4.20. The first-order valence-electron chi connectivity index (χ1n) is 7.16. The quantitative estimate of drug-likeness (QED) is 0.682. The predicted molar refractivity (Wildman–Crippen MR) is 90.1 cm³/mol. The van der Waals surface area contributed by atoms with Gasteiger partial charge < -0.3 is 0 Å². The maximum Gasteiger partial charge on any atom is 0.104 e. The summed E-state index contributed by atoms with van der Waals surface area (Å²) in [6.45, 7) is 0.434. The predicted octanol–water partition coefficient (Wildman–Crippen LogP) is 4.77. The zero-order chi connectivity index (χ0) is 15.3. The molecule has 22 heavy (non-hydrogen) atoms. The Labute approximate surface area is 131 Å². The van der Waals surface area contributed by atoms with Crippen LogP contribution in [0.5, 0.6) is 0 Å². The van der Waals surface area contributed by atoms with Crippen LogP contribution in [0.1, 0.15) is 5.56 Å². The van der Waals surface area contributed by atoms with E-state index in [2.05, 4.69) is 4.36 Å². The van der Waals surface area contributed by atoms with Crippen molar-refractivity contribution in [2.24, 2.45) is 4.36 Å². The van der Waals surface area contributed by atoms with E-state index in [1.165, 1.54) is 0 Å². The number of hydrogen-bond acceptors (Lipinski definition) is 2. The van der Waals surface area contributed by atoms with Crippen molar-refractivity contribution in [2.75, 3.05) is 0 Å². The summed E-state index contributed by atoms with van der Waals surface area (Å²) in [5.41, 5.74) is 1.06. The summed E-state index contributed by atoms with van der Waals surface area (Å²) >= 11 is 0. The van der Waals surface area contributed by atoms with Gasteiger partial charge in [0.2, 0.25) is 0 Å². The number of benzene rings is 3. The average molecular weight is 307 g/mol. The van der Waals surface area contributed by atoms with Gasteiger partial charge in [-0.15, -0.1) is 0 Å². The highest BCUT2D eigenvalue weighted by Gasteiger charge is 2.14. The molecule has 0 spiro atoms. The van der Waals surface area contributed by atoms with Crippen LogP contribution < -0.4 is 0 Å². The molecule has 3 heteroatoms. The van der Waals surface area contributed by atoms with Crippen molar-refractivity contribution in [1.29, 1.82) is 0 Å². The molecule has 0 radical (unpaired) electrons. The van der Waals surface area contributed by atoms with Gasteiger partial charge in [-0.1, -0.05) is 66.7 Å². The van der Waals surface area contributed by atoms with Crippen molar-refractivity contribution >= 4 is 9.73 Å². The highest BCUT2D eigenvalue weighted by atomic mass is 32.2. The van der Waals surface area contributed by atoms with Gasteiger partial charge in [-0.3, -0.25) is 0 Å². The molecule has 3 aromatic rings. The smallest absolute Gasteiger partial charge is 0.104 e. The molecule has 110 valence electrons. The fourth-order valence-electron chi connectivity index (χ4n) is 2.24. The lowest BCUT2D eigenvalue weighted by molar-refractivity contribution is 0.674. The lowest BCUT2D eigenvalue weighted by Crippen LogP contribution is -2.02. The second kappa shape index (κ2) is 6.58. The second-order valence-corrected chi connectivity index (χ2v) is 7.18. The summed E-state index contributed by atoms with van der Waals surface area (Å²) in [6.07, 6.45) is 0. The van der Waals surface area contributed by atoms with Crippen molar-refractivity contribution in [3.8, 4) is 0 Å². The van der Waals surface area contributed by atoms with Gasteiger partial charge in [-0.05, 0) is 29.8 Å². The summed E-state index contributed by atoms with van der Waals surface area (Å²) in [5, 5.41) is 0. The van der Waals surface area contributed by atoms with Crippen molar-refractivity contribution in [3.63, 3.8) is 0 Å². The van der Waals surface area contributed by atoms with Gasteiger partial charge >= 0.3 is 0 Å². The SMILES string of the molecule is O=S(=NCc1ccccc1)(c1ccccc1)c1ccccc1. The van der Waals surface area contributed by atoms with Gasteiger partial charge in [-0.2, -0.15) is 0 Å². The maximum absolute atomic E-state index is 13.6. The molecule has 0 fully saturated rings. The zero-order valence-corrected chi connectivity index (χ0v) is 12.9. The highest BCUT2D eigenvalue weighted by Crippen LogP contribution is 2.24. The van der Waals surface area contributed by atoms with E-state index >= 15 is 0 Å². The van der Waals surface area contributed by atoms with Crippen molar-refractivity contribution in [2.45, 2.75) is 16.3 Å². The third-order valence-corrected chi connectivity index (χ3v) is 5.71. The molecular weight excluding hydrogens is 290 g/mol. The Kier molecular flexibility index (Phi) is 4.35. The Balaban J connectivity index is 2.10. The van der Waals surface area contributed by atoms with Crippen LogP contribution in [0.3, 0.4) is 0 Å². The molecular formula is C19H17NOS. The summed E-state index contributed by atoms with van der Waals surface area (Å²) < 4.78 is 18.2. The Bertz CT molecular complexity index is 791. The van der Waals surface area contributed by atoms with Crippen LogP contribution in [0.2, 0.25) is 0 Å². The van der Waals surface area contributed by atoms with Crippen molar-refractivity contribution in [3.05, 3.63) is 96.6 Å². The molecule has 0 heterocycles. The maximum atomic E-state index is 13.6. The van der Waals surface area contributed by atoms with Crippen molar-refractivity contribution in [1.82, 2.24) is 0 Å². The highest BCUT2D eigenvalue weighted by molar-refractivity contribution is 7.93. The molecule has 0 saturated heterocycles. The standard InChI is InChI=1S/C19H17NOS/c21-22(18-12-6-2-7-13-18,19-14-8-3-9-15-19)20-16-17-10-4-1-5-11-17/h1-15H,16H2. The Morgan fingerprint density at radius 1 is 0.636 bits per heavy atom. The Morgan fingerprint density at radius 2 is 1.05 bits per heavy atom. The minimum Gasteiger partial charge on any atom is -0.240 e. The van der Waals surface area contributed by atoms with Crippen LogP contribution in [-0.2, 0) is 16.3 Å². The molecule has 0 aliphatic carbocycles. The summed E-state index contributed by atoms with van der Waals surface area (Å²) in [5.74, 6) is 0. The van der Waals surface area contributed by atoms with E-state index in [4.69, 9.17) is 0 Å². The van der Waals surface area contributed by atoms with Gasteiger partial charge in [0.05, 0.1) is 16.3 Å². The molecule has 2 nitrogen and oxygen atoms in total. The topological polar surface area (TPSA) is 29.4 Å². The van der Waals surface area contributed by atoms with Gasteiger partial charge in [-0.25, -0.2) is 8.57 Å². The van der Waals surface area contributed by atoms with Gasteiger partial charge in [0.15, 0.2) is 0 Å². The molecule has 0 N–H and O–H groups in total. The van der Waals surface area contributed by atoms with Gasteiger partial charge in [0, 0.05) is 0 Å². The minimum atomic E-state index is -2.62. The van der Waals surface area contributed by atoms with Crippen LogP contribution in [0.4, 0.5) is 0 Å². The monoisotopic (exact) mass is 307 g/mol. The van der Waals surface area contributed by atoms with E-state index in [0.717, 1.165) is 15.4 Å². The summed E-state index contributed by atoms with van der Waals surface area (Å²) in [7, 11) is -2.62. The van der Waals surface area contributed by atoms with Crippen molar-refractivity contribution < 1.29 is 4.21 Å². The van der Waals surface area contributed by atoms with E-state index in [1.54, 1.807) is 0 Å². The molecule has 0 aliphatic rings. The van der Waals surface area contributed by atoms with E-state index in [9.17, 15) is 4.21 Å². The fraction of sp³-hybridized carbons (Fsp3) is 0.0526. The number of nitrogens with zero attached hydrogens (tertiary/aromatic N) is 1. The van der Waals surface area contributed by atoms with Crippen LogP contribution in [-0.4, -0.2) is 4.21 Å². The molecule has 0 amide bonds. The molecule has 0 aliphatic heterocycles. The third kappa shape index (κ3) is 3.10. The second-order valence-electron chi connectivity index (χ2n) is 4.92. The summed E-state index contributed by atoms with van der Waals surface area (Å²) in [4.78, 5) is 1.49. The van der Waals surface area contributed by atoms with Crippen LogP contribution >= 0.6 is 0 Å². The van der Waals surface area contributed by atoms with E-state index in [0.29, 0.717) is 6.54 Å². The Hall–Kier alpha value is -2.39. The first kappa shape index (κ1) is 14.5. The number of rotatable bonds is 4. The van der Waals surface area contributed by atoms with Crippen LogP contribution in [0, 0.1) is 0 Å². The molecule has 3 aromatic carbocycles. The normalized spacial score (nSPS) is 11.1. The Morgan fingerprint density at radius 3 is 1.50 bits per heavy atom. The minimum absolute atomic E-state index is 0.434. The average Bonchev–Trinajstić information content (AvgIpc) is 2.62. The third-order valence-electron chi connectivity index (χ3n) is 3.40. The van der Waals surface area contributed by atoms with E-state index in [1.807, 2.05) is 91.0 Å². The van der Waals surface area contributed by atoms with Crippen LogP contribution in [0.25, 0.3) is 0 Å². The van der Waals surface area contributed by atoms with Gasteiger partial charge in [0.1, 0.15) is 9.73 Å². The molecule has 0 aromatic heterocycles. The van der Waals surface area contributed by atoms with E-state index < -0.39 is 9.73 Å². The largest absolute Gasteiger partial charge is 0.240 e. The lowest BCUT2D eigenvalue weighted by atomic mass is 10.2. The molecule has 0 unspecified atom stereocenters. The zero-order valence-electron chi connectivity index (χ0n) is 12.1. The summed E-state index contributed by atoms with van der Waals surface area (Å²) in [6, 6.07) is 28.9. The molecule has 0 bridgehead atoms. The van der Waals surface area contributed by atoms with Gasteiger partial charge in [0.25, 0.3) is 0 Å². The number of hydrogen-bond donors (Lipinski definition) is 0. The van der Waals surface area contributed by atoms with Crippen LogP contribution in [0.15, 0.2) is 105 Å².